The second kappa shape index (κ2) is 7.26. The molecule has 1 atom stereocenters. The third-order valence-corrected chi connectivity index (χ3v) is 3.74. The van der Waals surface area contributed by atoms with Crippen molar-refractivity contribution in [1.29, 1.82) is 0 Å². The number of hydrogen-bond donors (Lipinski definition) is 1. The van der Waals surface area contributed by atoms with Gasteiger partial charge in [-0.25, -0.2) is 0 Å². The fraction of sp³-hybridized carbons (Fsp3) is 0.471. The van der Waals surface area contributed by atoms with Gasteiger partial charge in [0, 0.05) is 17.7 Å². The molecule has 1 aliphatic rings. The molecule has 1 unspecified atom stereocenters. The largest absolute Gasteiger partial charge is 0.384 e. The Labute approximate surface area is 125 Å². The number of nitrogens with zero attached hydrogens (tertiary/aromatic N) is 1. The minimum atomic E-state index is -0.161. The van der Waals surface area contributed by atoms with E-state index in [0.29, 0.717) is 25.3 Å². The van der Waals surface area contributed by atoms with Crippen molar-refractivity contribution in [3.63, 3.8) is 0 Å². The lowest BCUT2D eigenvalue weighted by Gasteiger charge is -2.35. The van der Waals surface area contributed by atoms with Gasteiger partial charge in [-0.05, 0) is 37.1 Å². The van der Waals surface area contributed by atoms with E-state index in [-0.39, 0.29) is 18.6 Å². The topological polar surface area (TPSA) is 49.8 Å². The highest BCUT2D eigenvalue weighted by molar-refractivity contribution is 5.95. The van der Waals surface area contributed by atoms with Crippen LogP contribution in [0.5, 0.6) is 0 Å². The van der Waals surface area contributed by atoms with Crippen LogP contribution in [-0.4, -0.2) is 48.3 Å². The lowest BCUT2D eigenvalue weighted by Crippen LogP contribution is -2.48. The lowest BCUT2D eigenvalue weighted by atomic mass is 10.0. The van der Waals surface area contributed by atoms with Gasteiger partial charge in [0.2, 0.25) is 0 Å². The van der Waals surface area contributed by atoms with E-state index < -0.39 is 0 Å². The van der Waals surface area contributed by atoms with E-state index in [1.165, 1.54) is 0 Å². The van der Waals surface area contributed by atoms with Crippen molar-refractivity contribution in [3.05, 3.63) is 34.9 Å². The monoisotopic (exact) mass is 287 g/mol. The third kappa shape index (κ3) is 3.63. The Morgan fingerprint density at radius 1 is 1.52 bits per heavy atom. The van der Waals surface area contributed by atoms with Gasteiger partial charge in [0.1, 0.15) is 6.61 Å². The summed E-state index contributed by atoms with van der Waals surface area (Å²) in [5.74, 6) is 5.56. The summed E-state index contributed by atoms with van der Waals surface area (Å²) in [4.78, 5) is 14.5. The van der Waals surface area contributed by atoms with E-state index in [2.05, 4.69) is 18.8 Å². The molecule has 0 saturated carbocycles. The highest BCUT2D eigenvalue weighted by Gasteiger charge is 2.26. The molecule has 4 nitrogen and oxygen atoms in total. The maximum atomic E-state index is 12.6. The van der Waals surface area contributed by atoms with Crippen LogP contribution in [0.4, 0.5) is 0 Å². The van der Waals surface area contributed by atoms with Gasteiger partial charge < -0.3 is 14.7 Å². The van der Waals surface area contributed by atoms with Crippen molar-refractivity contribution >= 4 is 5.91 Å². The van der Waals surface area contributed by atoms with Gasteiger partial charge in [0.25, 0.3) is 5.91 Å². The molecule has 1 aromatic rings. The molecule has 0 aliphatic carbocycles. The summed E-state index contributed by atoms with van der Waals surface area (Å²) in [7, 11) is 0. The minimum absolute atomic E-state index is 0.0508. The van der Waals surface area contributed by atoms with Gasteiger partial charge in [-0.3, -0.25) is 4.79 Å². The normalized spacial score (nSPS) is 18.0. The van der Waals surface area contributed by atoms with Gasteiger partial charge in [0.05, 0.1) is 19.3 Å². The Balaban J connectivity index is 2.21. The summed E-state index contributed by atoms with van der Waals surface area (Å²) in [5.41, 5.74) is 2.47. The average Bonchev–Trinajstić information content (AvgIpc) is 2.53. The number of aliphatic hydroxyl groups excluding tert-OH is 1. The highest BCUT2D eigenvalue weighted by atomic mass is 16.5. The average molecular weight is 287 g/mol. The molecule has 0 radical (unpaired) electrons. The molecule has 1 fully saturated rings. The zero-order valence-corrected chi connectivity index (χ0v) is 12.6. The van der Waals surface area contributed by atoms with Crippen LogP contribution in [0.25, 0.3) is 0 Å². The second-order valence-electron chi connectivity index (χ2n) is 5.13. The maximum Gasteiger partial charge on any atom is 0.254 e. The standard InChI is InChI=1S/C17H21NO3/c1-3-16-12-21-10-8-18(16)17(20)15-7-6-14(5-4-9-19)13(2)11-15/h6-7,11,16,19H,3,8-10,12H2,1-2H3. The fourth-order valence-corrected chi connectivity index (χ4v) is 2.50. The zero-order chi connectivity index (χ0) is 15.2. The SMILES string of the molecule is CCC1COCCN1C(=O)c1ccc(C#CCO)c(C)c1. The number of morpholine rings is 1. The molecule has 4 heteroatoms. The predicted molar refractivity (Wildman–Crippen MR) is 81.1 cm³/mol. The van der Waals surface area contributed by atoms with Gasteiger partial charge in [0.15, 0.2) is 0 Å². The molecule has 112 valence electrons. The van der Waals surface area contributed by atoms with E-state index in [0.717, 1.165) is 17.5 Å². The molecule has 0 bridgehead atoms. The summed E-state index contributed by atoms with van der Waals surface area (Å²) < 4.78 is 5.44. The van der Waals surface area contributed by atoms with Crippen molar-refractivity contribution in [3.8, 4) is 11.8 Å². The molecule has 0 spiro atoms. The number of hydrogen-bond acceptors (Lipinski definition) is 3. The molecule has 21 heavy (non-hydrogen) atoms. The first-order valence-corrected chi connectivity index (χ1v) is 7.26. The molecule has 1 N–H and O–H groups in total. The lowest BCUT2D eigenvalue weighted by molar-refractivity contribution is -0.00280. The number of carbonyl (C=O) groups excluding carboxylic acids is 1. The number of carbonyl (C=O) groups is 1. The van der Waals surface area contributed by atoms with Crippen LogP contribution in [0.2, 0.25) is 0 Å². The highest BCUT2D eigenvalue weighted by Crippen LogP contribution is 2.17. The van der Waals surface area contributed by atoms with E-state index in [9.17, 15) is 4.79 Å². The molecule has 1 heterocycles. The van der Waals surface area contributed by atoms with Crippen LogP contribution < -0.4 is 0 Å². The van der Waals surface area contributed by atoms with Gasteiger partial charge in [-0.15, -0.1) is 0 Å². The Morgan fingerprint density at radius 2 is 2.33 bits per heavy atom. The maximum absolute atomic E-state index is 12.6. The summed E-state index contributed by atoms with van der Waals surface area (Å²) in [6.45, 7) is 5.68. The predicted octanol–water partition coefficient (Wildman–Crippen LogP) is 1.59. The van der Waals surface area contributed by atoms with Crippen LogP contribution in [0, 0.1) is 18.8 Å². The third-order valence-electron chi connectivity index (χ3n) is 3.74. The first-order chi connectivity index (χ1) is 10.2. The summed E-state index contributed by atoms with van der Waals surface area (Å²) in [5, 5.41) is 8.74. The number of ether oxygens (including phenoxy) is 1. The Bertz CT molecular complexity index is 571. The number of amides is 1. The molecule has 1 saturated heterocycles. The molecule has 2 rings (SSSR count). The molecule has 0 aromatic heterocycles. The van der Waals surface area contributed by atoms with Crippen molar-refractivity contribution in [2.45, 2.75) is 26.3 Å². The van der Waals surface area contributed by atoms with Gasteiger partial charge in [-0.1, -0.05) is 18.8 Å². The zero-order valence-electron chi connectivity index (χ0n) is 12.6. The van der Waals surface area contributed by atoms with Crippen molar-refractivity contribution in [2.75, 3.05) is 26.4 Å². The molecular formula is C17H21NO3. The number of aryl methyl sites for hydroxylation is 1. The van der Waals surface area contributed by atoms with E-state index in [1.54, 1.807) is 6.07 Å². The van der Waals surface area contributed by atoms with E-state index >= 15 is 0 Å². The van der Waals surface area contributed by atoms with Gasteiger partial charge >= 0.3 is 0 Å². The molecule has 1 amide bonds. The Hall–Kier alpha value is -1.83. The van der Waals surface area contributed by atoms with Gasteiger partial charge in [-0.2, -0.15) is 0 Å². The smallest absolute Gasteiger partial charge is 0.254 e. The van der Waals surface area contributed by atoms with Crippen molar-refractivity contribution in [2.24, 2.45) is 0 Å². The minimum Gasteiger partial charge on any atom is -0.384 e. The Morgan fingerprint density at radius 3 is 3.00 bits per heavy atom. The van der Waals surface area contributed by atoms with E-state index in [1.807, 2.05) is 24.0 Å². The van der Waals surface area contributed by atoms with Crippen LogP contribution in [0.15, 0.2) is 18.2 Å². The van der Waals surface area contributed by atoms with Crippen molar-refractivity contribution < 1.29 is 14.6 Å². The fourth-order valence-electron chi connectivity index (χ4n) is 2.50. The number of aliphatic hydroxyl groups is 1. The molecule has 1 aliphatic heterocycles. The quantitative estimate of drug-likeness (QED) is 0.840. The molecule has 1 aromatic carbocycles. The first-order valence-electron chi connectivity index (χ1n) is 7.26. The van der Waals surface area contributed by atoms with Crippen LogP contribution >= 0.6 is 0 Å². The summed E-state index contributed by atoms with van der Waals surface area (Å²) >= 11 is 0. The van der Waals surface area contributed by atoms with Crippen molar-refractivity contribution in [1.82, 2.24) is 4.90 Å². The summed E-state index contributed by atoms with van der Waals surface area (Å²) in [6, 6.07) is 5.66. The van der Waals surface area contributed by atoms with E-state index in [4.69, 9.17) is 9.84 Å². The number of rotatable bonds is 2. The number of benzene rings is 1. The van der Waals surface area contributed by atoms with Crippen LogP contribution in [-0.2, 0) is 4.74 Å². The molecular weight excluding hydrogens is 266 g/mol. The first kappa shape index (κ1) is 15.6. The second-order valence-corrected chi connectivity index (χ2v) is 5.13. The Kier molecular flexibility index (Phi) is 5.38. The van der Waals surface area contributed by atoms with Crippen LogP contribution in [0.3, 0.4) is 0 Å². The van der Waals surface area contributed by atoms with Crippen LogP contribution in [0.1, 0.15) is 34.8 Å². The summed E-state index contributed by atoms with van der Waals surface area (Å²) in [6.07, 6.45) is 0.894.